The van der Waals surface area contributed by atoms with Crippen molar-refractivity contribution >= 4 is 12.0 Å². The molecule has 2 aromatic rings. The molecule has 1 aromatic carbocycles. The predicted octanol–water partition coefficient (Wildman–Crippen LogP) is 1.77. The van der Waals surface area contributed by atoms with Crippen LogP contribution in [0, 0.1) is 11.6 Å². The zero-order valence-electron chi connectivity index (χ0n) is 10.8. The number of carbonyl (C=O) groups excluding carboxylic acids is 2. The SMILES string of the molecule is CCc1ncn(Cc2ccc(F)c(F)c2)c1N.O=C=O. The number of aromatic nitrogens is 2. The van der Waals surface area contributed by atoms with Gasteiger partial charge in [0.2, 0.25) is 0 Å². The van der Waals surface area contributed by atoms with Crippen molar-refractivity contribution in [2.24, 2.45) is 0 Å². The average Bonchev–Trinajstić information content (AvgIpc) is 2.76. The Balaban J connectivity index is 0.000000612. The van der Waals surface area contributed by atoms with Gasteiger partial charge in [0.15, 0.2) is 11.6 Å². The summed E-state index contributed by atoms with van der Waals surface area (Å²) < 4.78 is 27.5. The van der Waals surface area contributed by atoms with Crippen molar-refractivity contribution in [1.82, 2.24) is 9.55 Å². The lowest BCUT2D eigenvalue weighted by atomic mass is 10.2. The fourth-order valence-electron chi connectivity index (χ4n) is 1.67. The molecule has 0 aliphatic carbocycles. The lowest BCUT2D eigenvalue weighted by molar-refractivity contribution is -0.191. The number of benzene rings is 1. The summed E-state index contributed by atoms with van der Waals surface area (Å²) in [5, 5.41) is 0. The molecule has 106 valence electrons. The highest BCUT2D eigenvalue weighted by Crippen LogP contribution is 2.15. The third kappa shape index (κ3) is 3.73. The highest BCUT2D eigenvalue weighted by Gasteiger charge is 2.07. The molecule has 0 unspecified atom stereocenters. The van der Waals surface area contributed by atoms with Crippen molar-refractivity contribution in [3.63, 3.8) is 0 Å². The fraction of sp³-hybridized carbons (Fsp3) is 0.231. The van der Waals surface area contributed by atoms with E-state index in [9.17, 15) is 8.78 Å². The van der Waals surface area contributed by atoms with Gasteiger partial charge in [-0.25, -0.2) is 13.8 Å². The highest BCUT2D eigenvalue weighted by atomic mass is 19.2. The summed E-state index contributed by atoms with van der Waals surface area (Å²) in [6, 6.07) is 3.81. The van der Waals surface area contributed by atoms with Crippen LogP contribution in [0.3, 0.4) is 0 Å². The molecule has 0 saturated heterocycles. The van der Waals surface area contributed by atoms with Crippen LogP contribution in [0.5, 0.6) is 0 Å². The Morgan fingerprint density at radius 1 is 1.30 bits per heavy atom. The summed E-state index contributed by atoms with van der Waals surface area (Å²) in [5.41, 5.74) is 7.32. The van der Waals surface area contributed by atoms with E-state index in [2.05, 4.69) is 4.98 Å². The topological polar surface area (TPSA) is 78.0 Å². The fourth-order valence-corrected chi connectivity index (χ4v) is 1.67. The van der Waals surface area contributed by atoms with Crippen molar-refractivity contribution in [2.75, 3.05) is 5.73 Å². The molecule has 0 aliphatic rings. The molecule has 0 aliphatic heterocycles. The Morgan fingerprint density at radius 2 is 1.95 bits per heavy atom. The number of rotatable bonds is 3. The number of imidazole rings is 1. The van der Waals surface area contributed by atoms with Crippen molar-refractivity contribution in [3.05, 3.63) is 47.4 Å². The number of aryl methyl sites for hydroxylation is 1. The first-order valence-corrected chi connectivity index (χ1v) is 5.76. The van der Waals surface area contributed by atoms with Gasteiger partial charge < -0.3 is 10.3 Å². The smallest absolute Gasteiger partial charge is 0.373 e. The van der Waals surface area contributed by atoms with Crippen molar-refractivity contribution in [3.8, 4) is 0 Å². The molecule has 0 bridgehead atoms. The Bertz CT molecular complexity index is 620. The van der Waals surface area contributed by atoms with Gasteiger partial charge in [-0.1, -0.05) is 13.0 Å². The Labute approximate surface area is 114 Å². The lowest BCUT2D eigenvalue weighted by Gasteiger charge is -2.06. The predicted molar refractivity (Wildman–Crippen MR) is 66.5 cm³/mol. The van der Waals surface area contributed by atoms with Crippen LogP contribution in [0.2, 0.25) is 0 Å². The van der Waals surface area contributed by atoms with Crippen molar-refractivity contribution in [2.45, 2.75) is 19.9 Å². The molecular formula is C13H13F2N3O2. The van der Waals surface area contributed by atoms with Gasteiger partial charge >= 0.3 is 6.15 Å². The summed E-state index contributed by atoms with van der Waals surface area (Å²) in [6.07, 6.45) is 2.60. The van der Waals surface area contributed by atoms with Gasteiger partial charge in [0.25, 0.3) is 0 Å². The standard InChI is InChI=1S/C12H13F2N3.CO2/c1-2-11-12(15)17(7-16-11)6-8-3-4-9(13)10(14)5-8;2-1-3/h3-5,7H,2,6,15H2,1H3;. The molecule has 5 nitrogen and oxygen atoms in total. The number of nitrogens with zero attached hydrogens (tertiary/aromatic N) is 2. The second-order valence-electron chi connectivity index (χ2n) is 3.89. The quantitative estimate of drug-likeness (QED) is 0.930. The van der Waals surface area contributed by atoms with E-state index in [0.29, 0.717) is 17.9 Å². The van der Waals surface area contributed by atoms with E-state index in [1.54, 1.807) is 10.9 Å². The van der Waals surface area contributed by atoms with E-state index >= 15 is 0 Å². The zero-order valence-corrected chi connectivity index (χ0v) is 10.8. The van der Waals surface area contributed by atoms with Gasteiger partial charge in [0.1, 0.15) is 5.82 Å². The first-order chi connectivity index (χ1) is 9.53. The van der Waals surface area contributed by atoms with Gasteiger partial charge in [0, 0.05) is 0 Å². The summed E-state index contributed by atoms with van der Waals surface area (Å²) in [5.74, 6) is -1.13. The van der Waals surface area contributed by atoms with E-state index < -0.39 is 11.6 Å². The van der Waals surface area contributed by atoms with E-state index in [1.165, 1.54) is 12.1 Å². The zero-order chi connectivity index (χ0) is 15.1. The van der Waals surface area contributed by atoms with Crippen LogP contribution < -0.4 is 5.73 Å². The molecule has 0 saturated carbocycles. The first kappa shape index (κ1) is 15.5. The minimum Gasteiger partial charge on any atom is -0.384 e. The molecule has 2 rings (SSSR count). The number of nitrogen functional groups attached to an aromatic ring is 1. The van der Waals surface area contributed by atoms with E-state index in [-0.39, 0.29) is 6.15 Å². The van der Waals surface area contributed by atoms with Crippen LogP contribution in [0.1, 0.15) is 18.2 Å². The molecule has 0 radical (unpaired) electrons. The van der Waals surface area contributed by atoms with Crippen LogP contribution in [-0.2, 0) is 22.6 Å². The molecule has 7 heteroatoms. The Hall–Kier alpha value is -2.53. The van der Waals surface area contributed by atoms with Crippen LogP contribution >= 0.6 is 0 Å². The number of hydrogen-bond acceptors (Lipinski definition) is 4. The molecule has 1 heterocycles. The average molecular weight is 281 g/mol. The maximum Gasteiger partial charge on any atom is 0.373 e. The van der Waals surface area contributed by atoms with Crippen LogP contribution in [0.15, 0.2) is 24.5 Å². The number of anilines is 1. The molecule has 0 amide bonds. The van der Waals surface area contributed by atoms with E-state index in [1.807, 2.05) is 6.92 Å². The Morgan fingerprint density at radius 3 is 2.45 bits per heavy atom. The summed E-state index contributed by atoms with van der Waals surface area (Å²) in [4.78, 5) is 20.4. The Kier molecular flexibility index (Phi) is 5.56. The van der Waals surface area contributed by atoms with Gasteiger partial charge in [-0.2, -0.15) is 9.59 Å². The maximum absolute atomic E-state index is 13.0. The number of halogens is 2. The van der Waals surface area contributed by atoms with Gasteiger partial charge in [-0.3, -0.25) is 0 Å². The summed E-state index contributed by atoms with van der Waals surface area (Å²) in [6.45, 7) is 2.34. The molecule has 1 aromatic heterocycles. The first-order valence-electron chi connectivity index (χ1n) is 5.76. The maximum atomic E-state index is 13.0. The van der Waals surface area contributed by atoms with Crippen LogP contribution in [-0.4, -0.2) is 15.7 Å². The number of nitrogens with two attached hydrogens (primary N) is 1. The van der Waals surface area contributed by atoms with E-state index in [4.69, 9.17) is 15.3 Å². The molecule has 2 N–H and O–H groups in total. The van der Waals surface area contributed by atoms with Crippen molar-refractivity contribution in [1.29, 1.82) is 0 Å². The van der Waals surface area contributed by atoms with Crippen molar-refractivity contribution < 1.29 is 18.4 Å². The van der Waals surface area contributed by atoms with E-state index in [0.717, 1.165) is 18.2 Å². The van der Waals surface area contributed by atoms with Gasteiger partial charge in [-0.05, 0) is 24.1 Å². The molecule has 0 spiro atoms. The lowest BCUT2D eigenvalue weighted by Crippen LogP contribution is -2.04. The second-order valence-corrected chi connectivity index (χ2v) is 3.89. The monoisotopic (exact) mass is 281 g/mol. The highest BCUT2D eigenvalue weighted by molar-refractivity contribution is 5.36. The molecule has 0 fully saturated rings. The largest absolute Gasteiger partial charge is 0.384 e. The van der Waals surface area contributed by atoms with Crippen LogP contribution in [0.4, 0.5) is 14.6 Å². The summed E-state index contributed by atoms with van der Waals surface area (Å²) in [7, 11) is 0. The van der Waals surface area contributed by atoms with Gasteiger partial charge in [-0.15, -0.1) is 0 Å². The minimum atomic E-state index is -0.850. The molecule has 0 atom stereocenters. The third-order valence-electron chi connectivity index (χ3n) is 2.63. The second kappa shape index (κ2) is 7.16. The van der Waals surface area contributed by atoms with Crippen LogP contribution in [0.25, 0.3) is 0 Å². The molecular weight excluding hydrogens is 268 g/mol. The minimum absolute atomic E-state index is 0.250. The summed E-state index contributed by atoms with van der Waals surface area (Å²) >= 11 is 0. The van der Waals surface area contributed by atoms with Gasteiger partial charge in [0.05, 0.1) is 18.6 Å². The third-order valence-corrected chi connectivity index (χ3v) is 2.63. The molecule has 20 heavy (non-hydrogen) atoms. The number of hydrogen-bond donors (Lipinski definition) is 1. The normalized spacial score (nSPS) is 9.55.